The highest BCUT2D eigenvalue weighted by Crippen LogP contribution is 2.35. The molecular formula is C20H26O6. The molecule has 0 bridgehead atoms. The van der Waals surface area contributed by atoms with Gasteiger partial charge in [-0.05, 0) is 36.8 Å². The number of rotatable bonds is 10. The first-order valence-electron chi connectivity index (χ1n) is 8.42. The fourth-order valence-electron chi connectivity index (χ4n) is 2.71. The molecular weight excluding hydrogens is 336 g/mol. The van der Waals surface area contributed by atoms with Crippen molar-refractivity contribution in [1.82, 2.24) is 0 Å². The smallest absolute Gasteiger partial charge is 0.161 e. The topological polar surface area (TPSA) is 66.4 Å². The molecule has 0 aliphatic carbocycles. The monoisotopic (exact) mass is 362 g/mol. The molecule has 2 aromatic carbocycles. The molecule has 0 fully saturated rings. The van der Waals surface area contributed by atoms with E-state index in [2.05, 4.69) is 0 Å². The van der Waals surface area contributed by atoms with Crippen molar-refractivity contribution in [3.8, 4) is 23.0 Å². The lowest BCUT2D eigenvalue weighted by Crippen LogP contribution is -2.30. The lowest BCUT2D eigenvalue weighted by atomic mass is 10.0. The Balaban J connectivity index is 2.29. The zero-order chi connectivity index (χ0) is 18.9. The minimum atomic E-state index is -0.626. The molecule has 0 heterocycles. The fraction of sp³-hybridized carbons (Fsp3) is 0.400. The molecule has 0 spiro atoms. The van der Waals surface area contributed by atoms with E-state index in [0.717, 1.165) is 5.56 Å². The molecule has 142 valence electrons. The Morgan fingerprint density at radius 2 is 1.58 bits per heavy atom. The summed E-state index contributed by atoms with van der Waals surface area (Å²) in [5.74, 6) is 2.37. The van der Waals surface area contributed by atoms with Crippen LogP contribution in [0, 0.1) is 0 Å². The largest absolute Gasteiger partial charge is 0.493 e. The van der Waals surface area contributed by atoms with Gasteiger partial charge in [-0.2, -0.15) is 0 Å². The molecule has 0 aromatic heterocycles. The molecule has 2 unspecified atom stereocenters. The first kappa shape index (κ1) is 19.9. The lowest BCUT2D eigenvalue weighted by molar-refractivity contribution is -0.0265. The SMILES string of the molecule is CCOc1ccc(C(OC)C(CO)Oc2ccccc2OC)cc1OC. The van der Waals surface area contributed by atoms with E-state index in [0.29, 0.717) is 29.6 Å². The van der Waals surface area contributed by atoms with Crippen LogP contribution in [0.15, 0.2) is 42.5 Å². The summed E-state index contributed by atoms with van der Waals surface area (Å²) in [6.07, 6.45) is -1.13. The molecule has 0 aliphatic heterocycles. The summed E-state index contributed by atoms with van der Waals surface area (Å²) in [6, 6.07) is 12.8. The van der Waals surface area contributed by atoms with Crippen molar-refractivity contribution in [3.05, 3.63) is 48.0 Å². The van der Waals surface area contributed by atoms with E-state index in [4.69, 9.17) is 23.7 Å². The van der Waals surface area contributed by atoms with E-state index < -0.39 is 12.2 Å². The van der Waals surface area contributed by atoms with E-state index in [1.54, 1.807) is 33.5 Å². The standard InChI is InChI=1S/C20H26O6/c1-5-25-16-11-10-14(12-18(16)23-3)20(24-4)19(13-21)26-17-9-7-6-8-15(17)22-2/h6-12,19-21H,5,13H2,1-4H3. The number of aliphatic hydroxyl groups excluding tert-OH is 1. The predicted octanol–water partition coefficient (Wildman–Crippen LogP) is 3.23. The Hall–Kier alpha value is -2.44. The summed E-state index contributed by atoms with van der Waals surface area (Å²) in [7, 11) is 4.72. The van der Waals surface area contributed by atoms with Gasteiger partial charge in [0.15, 0.2) is 29.1 Å². The van der Waals surface area contributed by atoms with Crippen molar-refractivity contribution < 1.29 is 28.8 Å². The van der Waals surface area contributed by atoms with Crippen LogP contribution in [0.25, 0.3) is 0 Å². The molecule has 0 aliphatic rings. The van der Waals surface area contributed by atoms with Crippen molar-refractivity contribution >= 4 is 0 Å². The maximum atomic E-state index is 9.88. The first-order valence-corrected chi connectivity index (χ1v) is 8.42. The van der Waals surface area contributed by atoms with Crippen molar-refractivity contribution in [1.29, 1.82) is 0 Å². The Morgan fingerprint density at radius 3 is 2.15 bits per heavy atom. The van der Waals surface area contributed by atoms with Crippen molar-refractivity contribution in [2.75, 3.05) is 34.5 Å². The van der Waals surface area contributed by atoms with Crippen molar-refractivity contribution in [2.24, 2.45) is 0 Å². The molecule has 2 aromatic rings. The highest BCUT2D eigenvalue weighted by Gasteiger charge is 2.26. The third kappa shape index (κ3) is 4.59. The molecule has 0 saturated carbocycles. The van der Waals surface area contributed by atoms with Crippen LogP contribution in [0.5, 0.6) is 23.0 Å². The number of para-hydroxylation sites is 2. The number of benzene rings is 2. The normalized spacial score (nSPS) is 13.0. The van der Waals surface area contributed by atoms with Gasteiger partial charge in [0.1, 0.15) is 6.10 Å². The van der Waals surface area contributed by atoms with Gasteiger partial charge >= 0.3 is 0 Å². The van der Waals surface area contributed by atoms with E-state index in [1.807, 2.05) is 37.3 Å². The van der Waals surface area contributed by atoms with Gasteiger partial charge in [-0.3, -0.25) is 0 Å². The van der Waals surface area contributed by atoms with Crippen LogP contribution in [0.2, 0.25) is 0 Å². The summed E-state index contributed by atoms with van der Waals surface area (Å²) in [4.78, 5) is 0. The third-order valence-electron chi connectivity index (χ3n) is 3.94. The van der Waals surface area contributed by atoms with E-state index in [-0.39, 0.29) is 6.61 Å². The Kier molecular flexibility index (Phi) is 7.56. The van der Waals surface area contributed by atoms with Crippen LogP contribution in [0.4, 0.5) is 0 Å². The summed E-state index contributed by atoms with van der Waals surface area (Å²) >= 11 is 0. The second-order valence-electron chi connectivity index (χ2n) is 5.49. The Morgan fingerprint density at radius 1 is 0.885 bits per heavy atom. The highest BCUT2D eigenvalue weighted by molar-refractivity contribution is 5.44. The number of aliphatic hydroxyl groups is 1. The zero-order valence-electron chi connectivity index (χ0n) is 15.6. The fourth-order valence-corrected chi connectivity index (χ4v) is 2.71. The van der Waals surface area contributed by atoms with Crippen LogP contribution in [0.3, 0.4) is 0 Å². The Labute approximate surface area is 154 Å². The van der Waals surface area contributed by atoms with E-state index in [9.17, 15) is 5.11 Å². The molecule has 0 amide bonds. The van der Waals surface area contributed by atoms with E-state index in [1.165, 1.54) is 0 Å². The lowest BCUT2D eigenvalue weighted by Gasteiger charge is -2.27. The minimum absolute atomic E-state index is 0.230. The van der Waals surface area contributed by atoms with Crippen LogP contribution >= 0.6 is 0 Å². The van der Waals surface area contributed by atoms with Crippen LogP contribution < -0.4 is 18.9 Å². The van der Waals surface area contributed by atoms with Gasteiger partial charge in [0.05, 0.1) is 27.4 Å². The first-order chi connectivity index (χ1) is 12.7. The Bertz CT molecular complexity index is 688. The molecule has 0 saturated heterocycles. The quantitative estimate of drug-likeness (QED) is 0.700. The number of hydrogen-bond acceptors (Lipinski definition) is 6. The summed E-state index contributed by atoms with van der Waals surface area (Å²) in [6.45, 7) is 2.22. The van der Waals surface area contributed by atoms with Crippen LogP contribution in [-0.4, -0.2) is 45.8 Å². The molecule has 6 heteroatoms. The maximum absolute atomic E-state index is 9.88. The number of ether oxygens (including phenoxy) is 5. The van der Waals surface area contributed by atoms with Gasteiger partial charge in [0.25, 0.3) is 0 Å². The number of methoxy groups -OCH3 is 3. The molecule has 2 atom stereocenters. The second kappa shape index (κ2) is 9.89. The number of hydrogen-bond donors (Lipinski definition) is 1. The molecule has 2 rings (SSSR count). The van der Waals surface area contributed by atoms with Gasteiger partial charge in [0.2, 0.25) is 0 Å². The van der Waals surface area contributed by atoms with Gasteiger partial charge in [0, 0.05) is 7.11 Å². The van der Waals surface area contributed by atoms with Crippen LogP contribution in [0.1, 0.15) is 18.6 Å². The minimum Gasteiger partial charge on any atom is -0.493 e. The summed E-state index contributed by atoms with van der Waals surface area (Å²) < 4.78 is 27.8. The van der Waals surface area contributed by atoms with Gasteiger partial charge in [-0.15, -0.1) is 0 Å². The van der Waals surface area contributed by atoms with Gasteiger partial charge < -0.3 is 28.8 Å². The van der Waals surface area contributed by atoms with Gasteiger partial charge in [-0.25, -0.2) is 0 Å². The maximum Gasteiger partial charge on any atom is 0.161 e. The zero-order valence-corrected chi connectivity index (χ0v) is 15.6. The average Bonchev–Trinajstić information content (AvgIpc) is 2.69. The van der Waals surface area contributed by atoms with Crippen molar-refractivity contribution in [2.45, 2.75) is 19.1 Å². The predicted molar refractivity (Wildman–Crippen MR) is 98.4 cm³/mol. The molecule has 0 radical (unpaired) electrons. The summed E-state index contributed by atoms with van der Waals surface area (Å²) in [5.41, 5.74) is 0.807. The average molecular weight is 362 g/mol. The van der Waals surface area contributed by atoms with Crippen molar-refractivity contribution in [3.63, 3.8) is 0 Å². The molecule has 6 nitrogen and oxygen atoms in total. The summed E-state index contributed by atoms with van der Waals surface area (Å²) in [5, 5.41) is 9.88. The van der Waals surface area contributed by atoms with Gasteiger partial charge in [-0.1, -0.05) is 18.2 Å². The van der Waals surface area contributed by atoms with E-state index >= 15 is 0 Å². The third-order valence-corrected chi connectivity index (χ3v) is 3.94. The highest BCUT2D eigenvalue weighted by atomic mass is 16.6. The molecule has 1 N–H and O–H groups in total. The van der Waals surface area contributed by atoms with Crippen LogP contribution in [-0.2, 0) is 4.74 Å². The second-order valence-corrected chi connectivity index (χ2v) is 5.49. The molecule has 26 heavy (non-hydrogen) atoms.